The molecular weight excluding hydrogens is 266 g/mol. The molecule has 0 aromatic heterocycles. The number of Topliss-reactive ketones (excluding diaryl/α,β-unsaturated/α-hetero) is 1. The van der Waals surface area contributed by atoms with Gasteiger partial charge in [0.15, 0.2) is 0 Å². The standard InChI is InChI=1S/C17H23NO3/c1-12-7-9-13(10-8-12)16(20)17(21)18-15-6-4-2-3-5-14(15)11-19/h7-10,14-15,19H,2-6,11H2,1H3,(H,18,21). The average Bonchev–Trinajstić information content (AvgIpc) is 2.72. The topological polar surface area (TPSA) is 66.4 Å². The Morgan fingerprint density at radius 3 is 2.48 bits per heavy atom. The van der Waals surface area contributed by atoms with E-state index >= 15 is 0 Å². The highest BCUT2D eigenvalue weighted by Gasteiger charge is 2.27. The number of rotatable bonds is 4. The van der Waals surface area contributed by atoms with Crippen LogP contribution in [-0.2, 0) is 4.79 Å². The van der Waals surface area contributed by atoms with E-state index in [-0.39, 0.29) is 18.6 Å². The summed E-state index contributed by atoms with van der Waals surface area (Å²) in [7, 11) is 0. The number of aliphatic hydroxyl groups excluding tert-OH is 1. The quantitative estimate of drug-likeness (QED) is 0.507. The lowest BCUT2D eigenvalue weighted by molar-refractivity contribution is -0.118. The molecule has 1 amide bonds. The third kappa shape index (κ3) is 4.14. The minimum Gasteiger partial charge on any atom is -0.396 e. The molecule has 1 aromatic rings. The molecule has 2 N–H and O–H groups in total. The largest absolute Gasteiger partial charge is 0.396 e. The van der Waals surface area contributed by atoms with E-state index in [0.717, 1.165) is 37.7 Å². The van der Waals surface area contributed by atoms with Crippen LogP contribution in [0.1, 0.15) is 48.0 Å². The zero-order chi connectivity index (χ0) is 15.2. The number of ketones is 1. The Hall–Kier alpha value is -1.68. The van der Waals surface area contributed by atoms with Gasteiger partial charge in [0.25, 0.3) is 5.91 Å². The van der Waals surface area contributed by atoms with Crippen LogP contribution in [0.5, 0.6) is 0 Å². The van der Waals surface area contributed by atoms with Crippen LogP contribution in [0.2, 0.25) is 0 Å². The molecule has 1 aromatic carbocycles. The first-order valence-electron chi connectivity index (χ1n) is 7.64. The Morgan fingerprint density at radius 1 is 1.14 bits per heavy atom. The van der Waals surface area contributed by atoms with Gasteiger partial charge in [0.1, 0.15) is 0 Å². The molecule has 1 aliphatic rings. The van der Waals surface area contributed by atoms with Crippen molar-refractivity contribution in [3.8, 4) is 0 Å². The van der Waals surface area contributed by atoms with Crippen molar-refractivity contribution in [3.63, 3.8) is 0 Å². The van der Waals surface area contributed by atoms with Crippen LogP contribution in [0.15, 0.2) is 24.3 Å². The maximum Gasteiger partial charge on any atom is 0.292 e. The summed E-state index contributed by atoms with van der Waals surface area (Å²) in [6.45, 7) is 2.00. The SMILES string of the molecule is Cc1ccc(C(=O)C(=O)NC2CCCCCC2CO)cc1. The third-order valence-electron chi connectivity index (χ3n) is 4.23. The second-order valence-corrected chi connectivity index (χ2v) is 5.86. The molecule has 4 heteroatoms. The summed E-state index contributed by atoms with van der Waals surface area (Å²) < 4.78 is 0. The van der Waals surface area contributed by atoms with Crippen molar-refractivity contribution in [2.45, 2.75) is 45.1 Å². The predicted molar refractivity (Wildman–Crippen MR) is 81.1 cm³/mol. The lowest BCUT2D eigenvalue weighted by atomic mass is 9.95. The molecule has 0 heterocycles. The first kappa shape index (κ1) is 15.7. The highest BCUT2D eigenvalue weighted by molar-refractivity contribution is 6.42. The highest BCUT2D eigenvalue weighted by Crippen LogP contribution is 2.23. The molecule has 21 heavy (non-hydrogen) atoms. The number of carbonyl (C=O) groups is 2. The van der Waals surface area contributed by atoms with Gasteiger partial charge in [-0.25, -0.2) is 0 Å². The van der Waals surface area contributed by atoms with E-state index in [2.05, 4.69) is 5.32 Å². The van der Waals surface area contributed by atoms with Crippen LogP contribution in [0.25, 0.3) is 0 Å². The van der Waals surface area contributed by atoms with Gasteiger partial charge < -0.3 is 10.4 Å². The Morgan fingerprint density at radius 2 is 1.81 bits per heavy atom. The summed E-state index contributed by atoms with van der Waals surface area (Å²) in [4.78, 5) is 24.3. The average molecular weight is 289 g/mol. The lowest BCUT2D eigenvalue weighted by Crippen LogP contribution is -2.44. The summed E-state index contributed by atoms with van der Waals surface area (Å²) in [5.74, 6) is -1.01. The Labute approximate surface area is 125 Å². The van der Waals surface area contributed by atoms with Crippen molar-refractivity contribution in [2.75, 3.05) is 6.61 Å². The molecule has 1 saturated carbocycles. The van der Waals surface area contributed by atoms with Crippen LogP contribution in [0.3, 0.4) is 0 Å². The first-order chi connectivity index (χ1) is 10.1. The molecule has 2 unspecified atom stereocenters. The molecule has 0 saturated heterocycles. The van der Waals surface area contributed by atoms with Crippen molar-refractivity contribution in [1.29, 1.82) is 0 Å². The fourth-order valence-corrected chi connectivity index (χ4v) is 2.86. The summed E-state index contributed by atoms with van der Waals surface area (Å²) in [6.07, 6.45) is 4.96. The molecule has 0 bridgehead atoms. The third-order valence-corrected chi connectivity index (χ3v) is 4.23. The van der Waals surface area contributed by atoms with Gasteiger partial charge in [-0.2, -0.15) is 0 Å². The van der Waals surface area contributed by atoms with E-state index in [1.807, 2.05) is 19.1 Å². The molecule has 114 valence electrons. The number of hydrogen-bond donors (Lipinski definition) is 2. The normalized spacial score (nSPS) is 22.4. The van der Waals surface area contributed by atoms with Gasteiger partial charge in [-0.3, -0.25) is 9.59 Å². The molecule has 0 spiro atoms. The fourth-order valence-electron chi connectivity index (χ4n) is 2.86. The van der Waals surface area contributed by atoms with E-state index in [9.17, 15) is 14.7 Å². The zero-order valence-electron chi connectivity index (χ0n) is 12.5. The van der Waals surface area contributed by atoms with E-state index in [0.29, 0.717) is 5.56 Å². The van der Waals surface area contributed by atoms with Crippen molar-refractivity contribution < 1.29 is 14.7 Å². The van der Waals surface area contributed by atoms with Gasteiger partial charge in [-0.1, -0.05) is 49.1 Å². The lowest BCUT2D eigenvalue weighted by Gasteiger charge is -2.24. The molecule has 0 radical (unpaired) electrons. The number of carbonyl (C=O) groups excluding carboxylic acids is 2. The minimum atomic E-state index is -0.566. The van der Waals surface area contributed by atoms with Gasteiger partial charge >= 0.3 is 0 Å². The maximum absolute atomic E-state index is 12.1. The fraction of sp³-hybridized carbons (Fsp3) is 0.529. The second-order valence-electron chi connectivity index (χ2n) is 5.86. The van der Waals surface area contributed by atoms with Crippen LogP contribution in [0, 0.1) is 12.8 Å². The van der Waals surface area contributed by atoms with Gasteiger partial charge in [0, 0.05) is 24.1 Å². The predicted octanol–water partition coefficient (Wildman–Crippen LogP) is 2.24. The minimum absolute atomic E-state index is 0.0577. The summed E-state index contributed by atoms with van der Waals surface area (Å²) in [6, 6.07) is 6.90. The van der Waals surface area contributed by atoms with Crippen LogP contribution in [0.4, 0.5) is 0 Å². The monoisotopic (exact) mass is 289 g/mol. The van der Waals surface area contributed by atoms with Crippen molar-refractivity contribution in [3.05, 3.63) is 35.4 Å². The molecule has 1 aliphatic carbocycles. The van der Waals surface area contributed by atoms with Gasteiger partial charge in [0.2, 0.25) is 5.78 Å². The van der Waals surface area contributed by atoms with Crippen molar-refractivity contribution >= 4 is 11.7 Å². The highest BCUT2D eigenvalue weighted by atomic mass is 16.3. The molecule has 2 atom stereocenters. The molecular formula is C17H23NO3. The van der Waals surface area contributed by atoms with Crippen molar-refractivity contribution in [1.82, 2.24) is 5.32 Å². The number of amides is 1. The second kappa shape index (κ2) is 7.36. The summed E-state index contributed by atoms with van der Waals surface area (Å²) in [5, 5.41) is 12.3. The Kier molecular flexibility index (Phi) is 5.51. The van der Waals surface area contributed by atoms with E-state index in [1.165, 1.54) is 0 Å². The molecule has 4 nitrogen and oxygen atoms in total. The Balaban J connectivity index is 2.02. The van der Waals surface area contributed by atoms with Gasteiger partial charge in [-0.05, 0) is 19.8 Å². The van der Waals surface area contributed by atoms with Crippen LogP contribution in [-0.4, -0.2) is 29.4 Å². The smallest absolute Gasteiger partial charge is 0.292 e. The first-order valence-corrected chi connectivity index (χ1v) is 7.64. The zero-order valence-corrected chi connectivity index (χ0v) is 12.5. The van der Waals surface area contributed by atoms with Crippen LogP contribution < -0.4 is 5.32 Å². The summed E-state index contributed by atoms with van der Waals surface area (Å²) in [5.41, 5.74) is 1.46. The Bertz CT molecular complexity index is 495. The molecule has 1 fully saturated rings. The van der Waals surface area contributed by atoms with Crippen LogP contribution >= 0.6 is 0 Å². The van der Waals surface area contributed by atoms with E-state index in [4.69, 9.17) is 0 Å². The number of aliphatic hydroxyl groups is 1. The number of aryl methyl sites for hydroxylation is 1. The maximum atomic E-state index is 12.1. The van der Waals surface area contributed by atoms with Crippen molar-refractivity contribution in [2.24, 2.45) is 5.92 Å². The number of benzene rings is 1. The summed E-state index contributed by atoms with van der Waals surface area (Å²) >= 11 is 0. The van der Waals surface area contributed by atoms with E-state index < -0.39 is 11.7 Å². The number of hydrogen-bond acceptors (Lipinski definition) is 3. The van der Waals surface area contributed by atoms with Gasteiger partial charge in [0.05, 0.1) is 0 Å². The van der Waals surface area contributed by atoms with Gasteiger partial charge in [-0.15, -0.1) is 0 Å². The molecule has 2 rings (SSSR count). The van der Waals surface area contributed by atoms with E-state index in [1.54, 1.807) is 12.1 Å². The number of nitrogens with one attached hydrogen (secondary N) is 1. The molecule has 0 aliphatic heterocycles.